The van der Waals surface area contributed by atoms with E-state index in [1.807, 2.05) is 19.0 Å². The van der Waals surface area contributed by atoms with Crippen LogP contribution in [0.4, 0.5) is 0 Å². The van der Waals surface area contributed by atoms with E-state index < -0.39 is 6.10 Å². The van der Waals surface area contributed by atoms with Crippen molar-refractivity contribution in [3.8, 4) is 0 Å². The van der Waals surface area contributed by atoms with Crippen molar-refractivity contribution < 1.29 is 20.3 Å². The summed E-state index contributed by atoms with van der Waals surface area (Å²) in [5.41, 5.74) is 0. The van der Waals surface area contributed by atoms with Gasteiger partial charge in [0.2, 0.25) is 0 Å². The van der Waals surface area contributed by atoms with E-state index in [0.29, 0.717) is 6.42 Å². The standard InChI is InChI=1S/C6H15NO4/c1-7(2)4-3-6(11-9)5-10-8/h6,8-9H,3-5H2,1-2H3. The molecular weight excluding hydrogens is 150 g/mol. The van der Waals surface area contributed by atoms with Crippen molar-refractivity contribution in [3.63, 3.8) is 0 Å². The lowest BCUT2D eigenvalue weighted by atomic mass is 10.2. The van der Waals surface area contributed by atoms with Crippen molar-refractivity contribution in [1.29, 1.82) is 0 Å². The smallest absolute Gasteiger partial charge is 0.120 e. The fourth-order valence-corrected chi connectivity index (χ4v) is 0.652. The zero-order valence-corrected chi connectivity index (χ0v) is 6.86. The fourth-order valence-electron chi connectivity index (χ4n) is 0.652. The molecule has 11 heavy (non-hydrogen) atoms. The Kier molecular flexibility index (Phi) is 6.39. The number of rotatable bonds is 6. The quantitative estimate of drug-likeness (QED) is 0.437. The van der Waals surface area contributed by atoms with Gasteiger partial charge in [-0.3, -0.25) is 10.5 Å². The Hall–Kier alpha value is -0.200. The van der Waals surface area contributed by atoms with Gasteiger partial charge in [-0.05, 0) is 20.5 Å². The van der Waals surface area contributed by atoms with Gasteiger partial charge in [0.25, 0.3) is 0 Å². The summed E-state index contributed by atoms with van der Waals surface area (Å²) >= 11 is 0. The molecule has 0 aliphatic heterocycles. The van der Waals surface area contributed by atoms with Crippen LogP contribution in [-0.4, -0.2) is 48.8 Å². The summed E-state index contributed by atoms with van der Waals surface area (Å²) in [4.78, 5) is 9.80. The first-order valence-corrected chi connectivity index (χ1v) is 3.42. The number of hydrogen-bond donors (Lipinski definition) is 2. The molecule has 0 saturated heterocycles. The van der Waals surface area contributed by atoms with Gasteiger partial charge in [0.15, 0.2) is 0 Å². The van der Waals surface area contributed by atoms with Gasteiger partial charge in [-0.2, -0.15) is 0 Å². The van der Waals surface area contributed by atoms with Crippen LogP contribution in [0, 0.1) is 0 Å². The number of hydrogen-bond acceptors (Lipinski definition) is 5. The summed E-state index contributed by atoms with van der Waals surface area (Å²) in [5.74, 6) is 0. The molecule has 0 aromatic heterocycles. The zero-order chi connectivity index (χ0) is 8.69. The predicted molar refractivity (Wildman–Crippen MR) is 39.3 cm³/mol. The third kappa shape index (κ3) is 6.21. The van der Waals surface area contributed by atoms with Crippen molar-refractivity contribution in [2.75, 3.05) is 27.2 Å². The lowest BCUT2D eigenvalue weighted by Crippen LogP contribution is -2.24. The molecule has 0 heterocycles. The molecule has 0 aliphatic rings. The van der Waals surface area contributed by atoms with Gasteiger partial charge in [0.05, 0.1) is 0 Å². The molecule has 0 amide bonds. The van der Waals surface area contributed by atoms with Crippen molar-refractivity contribution >= 4 is 0 Å². The van der Waals surface area contributed by atoms with Crippen LogP contribution in [0.3, 0.4) is 0 Å². The minimum Gasteiger partial charge on any atom is -0.309 e. The molecule has 1 unspecified atom stereocenters. The van der Waals surface area contributed by atoms with Gasteiger partial charge in [0.1, 0.15) is 12.7 Å². The minimum absolute atomic E-state index is 0.00958. The average molecular weight is 165 g/mol. The molecule has 0 aromatic carbocycles. The molecule has 5 heteroatoms. The summed E-state index contributed by atoms with van der Waals surface area (Å²) < 4.78 is 0. The molecule has 0 spiro atoms. The summed E-state index contributed by atoms with van der Waals surface area (Å²) in [5, 5.41) is 16.3. The highest BCUT2D eigenvalue weighted by atomic mass is 17.1. The highest BCUT2D eigenvalue weighted by Crippen LogP contribution is 1.97. The van der Waals surface area contributed by atoms with E-state index in [1.165, 1.54) is 0 Å². The molecule has 0 aromatic rings. The van der Waals surface area contributed by atoms with Crippen molar-refractivity contribution in [2.45, 2.75) is 12.5 Å². The Morgan fingerprint density at radius 3 is 2.36 bits per heavy atom. The van der Waals surface area contributed by atoms with Crippen LogP contribution in [0.1, 0.15) is 6.42 Å². The highest BCUT2D eigenvalue weighted by Gasteiger charge is 2.08. The predicted octanol–water partition coefficient (Wildman–Crippen LogP) is 0.286. The average Bonchev–Trinajstić information content (AvgIpc) is 1.97. The SMILES string of the molecule is CN(C)CCC(COO)OO. The van der Waals surface area contributed by atoms with Gasteiger partial charge in [0, 0.05) is 6.54 Å². The number of nitrogens with zero attached hydrogens (tertiary/aromatic N) is 1. The molecule has 0 rings (SSSR count). The second-order valence-corrected chi connectivity index (χ2v) is 2.62. The van der Waals surface area contributed by atoms with Crippen LogP contribution in [-0.2, 0) is 9.78 Å². The monoisotopic (exact) mass is 165 g/mol. The summed E-state index contributed by atoms with van der Waals surface area (Å²) in [7, 11) is 3.82. The Morgan fingerprint density at radius 2 is 2.00 bits per heavy atom. The molecule has 68 valence electrons. The topological polar surface area (TPSA) is 62.2 Å². The van der Waals surface area contributed by atoms with Crippen molar-refractivity contribution in [1.82, 2.24) is 4.90 Å². The van der Waals surface area contributed by atoms with E-state index in [2.05, 4.69) is 9.78 Å². The van der Waals surface area contributed by atoms with Crippen LogP contribution < -0.4 is 0 Å². The summed E-state index contributed by atoms with van der Waals surface area (Å²) in [6.07, 6.45) is 0.159. The lowest BCUT2D eigenvalue weighted by Gasteiger charge is -2.14. The maximum absolute atomic E-state index is 8.26. The lowest BCUT2D eigenvalue weighted by molar-refractivity contribution is -0.327. The largest absolute Gasteiger partial charge is 0.309 e. The van der Waals surface area contributed by atoms with Crippen LogP contribution in [0.15, 0.2) is 0 Å². The highest BCUT2D eigenvalue weighted by molar-refractivity contribution is 4.56. The maximum atomic E-state index is 8.26. The van der Waals surface area contributed by atoms with Gasteiger partial charge in [-0.25, -0.2) is 9.78 Å². The first-order chi connectivity index (χ1) is 5.20. The third-order valence-electron chi connectivity index (χ3n) is 1.31. The molecule has 0 bridgehead atoms. The Bertz CT molecular complexity index is 88.7. The van der Waals surface area contributed by atoms with Crippen molar-refractivity contribution in [2.24, 2.45) is 0 Å². The van der Waals surface area contributed by atoms with Gasteiger partial charge in [-0.15, -0.1) is 0 Å². The second-order valence-electron chi connectivity index (χ2n) is 2.62. The Morgan fingerprint density at radius 1 is 1.36 bits per heavy atom. The summed E-state index contributed by atoms with van der Waals surface area (Å²) in [6, 6.07) is 0. The Balaban J connectivity index is 3.35. The van der Waals surface area contributed by atoms with Gasteiger partial charge < -0.3 is 4.90 Å². The van der Waals surface area contributed by atoms with Gasteiger partial charge >= 0.3 is 0 Å². The first kappa shape index (κ1) is 10.8. The third-order valence-corrected chi connectivity index (χ3v) is 1.31. The zero-order valence-electron chi connectivity index (χ0n) is 6.86. The van der Waals surface area contributed by atoms with E-state index >= 15 is 0 Å². The molecule has 5 nitrogen and oxygen atoms in total. The molecule has 2 N–H and O–H groups in total. The summed E-state index contributed by atoms with van der Waals surface area (Å²) in [6.45, 7) is 0.763. The normalized spacial score (nSPS) is 13.9. The van der Waals surface area contributed by atoms with Crippen LogP contribution in [0.5, 0.6) is 0 Å². The first-order valence-electron chi connectivity index (χ1n) is 3.42. The van der Waals surface area contributed by atoms with Crippen molar-refractivity contribution in [3.05, 3.63) is 0 Å². The molecule has 0 saturated carbocycles. The maximum Gasteiger partial charge on any atom is 0.120 e. The van der Waals surface area contributed by atoms with Crippen LogP contribution in [0.2, 0.25) is 0 Å². The van der Waals surface area contributed by atoms with E-state index in [-0.39, 0.29) is 6.61 Å². The Labute approximate surface area is 66.0 Å². The fraction of sp³-hybridized carbons (Fsp3) is 1.00. The van der Waals surface area contributed by atoms with E-state index in [0.717, 1.165) is 6.54 Å². The molecule has 1 atom stereocenters. The van der Waals surface area contributed by atoms with E-state index in [4.69, 9.17) is 10.5 Å². The molecule has 0 radical (unpaired) electrons. The molecular formula is C6H15NO4. The van der Waals surface area contributed by atoms with Crippen LogP contribution in [0.25, 0.3) is 0 Å². The van der Waals surface area contributed by atoms with Crippen LogP contribution >= 0.6 is 0 Å². The second kappa shape index (κ2) is 6.51. The molecule has 0 aliphatic carbocycles. The minimum atomic E-state index is -0.456. The van der Waals surface area contributed by atoms with E-state index in [9.17, 15) is 0 Å². The van der Waals surface area contributed by atoms with Gasteiger partial charge in [-0.1, -0.05) is 0 Å². The van der Waals surface area contributed by atoms with E-state index in [1.54, 1.807) is 0 Å². The molecule has 0 fully saturated rings.